The van der Waals surface area contributed by atoms with Gasteiger partial charge in [-0.25, -0.2) is 12.8 Å². The molecule has 198 valence electrons. The number of aromatic nitrogens is 3. The standard InChI is InChI=1S/C26H26ClFN6O3S/c1-38(35,36)34-10-8-33(9-11-34)12-13-37-20-3-4-21-24(6-7-29-25(21)16-20)31-19-15-26(32-30-17-19)22-14-18(27)2-5-23(22)28/h2-7,14-17H,8-13H2,1H3,(H,29,31,32). The molecule has 0 saturated carbocycles. The highest BCUT2D eigenvalue weighted by Crippen LogP contribution is 2.30. The molecular formula is C26H26ClFN6O3S. The number of sulfonamides is 1. The fourth-order valence-corrected chi connectivity index (χ4v) is 5.32. The minimum Gasteiger partial charge on any atom is -0.492 e. The predicted molar refractivity (Wildman–Crippen MR) is 146 cm³/mol. The van der Waals surface area contributed by atoms with Gasteiger partial charge in [0.05, 0.1) is 29.4 Å². The van der Waals surface area contributed by atoms with Gasteiger partial charge in [0.25, 0.3) is 0 Å². The zero-order chi connectivity index (χ0) is 26.7. The average Bonchev–Trinajstić information content (AvgIpc) is 2.90. The highest BCUT2D eigenvalue weighted by Gasteiger charge is 2.23. The van der Waals surface area contributed by atoms with E-state index < -0.39 is 15.8 Å². The van der Waals surface area contributed by atoms with Crippen LogP contribution in [0.4, 0.5) is 15.8 Å². The van der Waals surface area contributed by atoms with Crippen molar-refractivity contribution in [3.63, 3.8) is 0 Å². The molecule has 1 fully saturated rings. The van der Waals surface area contributed by atoms with E-state index in [4.69, 9.17) is 16.3 Å². The van der Waals surface area contributed by atoms with Crippen LogP contribution in [0.2, 0.25) is 5.02 Å². The van der Waals surface area contributed by atoms with Gasteiger partial charge < -0.3 is 10.1 Å². The van der Waals surface area contributed by atoms with Gasteiger partial charge in [-0.1, -0.05) is 11.6 Å². The van der Waals surface area contributed by atoms with E-state index in [1.807, 2.05) is 24.3 Å². The van der Waals surface area contributed by atoms with Crippen LogP contribution in [0.25, 0.3) is 22.2 Å². The van der Waals surface area contributed by atoms with Crippen molar-refractivity contribution in [1.82, 2.24) is 24.4 Å². The molecule has 0 spiro atoms. The number of pyridine rings is 1. The Kier molecular flexibility index (Phi) is 7.70. The maximum absolute atomic E-state index is 14.3. The Morgan fingerprint density at radius 2 is 1.89 bits per heavy atom. The first kappa shape index (κ1) is 26.2. The Balaban J connectivity index is 1.24. The second-order valence-electron chi connectivity index (χ2n) is 8.97. The van der Waals surface area contributed by atoms with Gasteiger partial charge in [-0.15, -0.1) is 0 Å². The van der Waals surface area contributed by atoms with E-state index in [1.165, 1.54) is 28.8 Å². The summed E-state index contributed by atoms with van der Waals surface area (Å²) in [6.07, 6.45) is 4.50. The molecule has 2 aromatic carbocycles. The number of halogens is 2. The lowest BCUT2D eigenvalue weighted by Crippen LogP contribution is -2.49. The number of hydrogen-bond donors (Lipinski definition) is 1. The van der Waals surface area contributed by atoms with Crippen molar-refractivity contribution in [3.05, 3.63) is 71.8 Å². The third-order valence-corrected chi connectivity index (χ3v) is 7.87. The lowest BCUT2D eigenvalue weighted by atomic mass is 10.1. The maximum Gasteiger partial charge on any atom is 0.211 e. The number of fused-ring (bicyclic) bond motifs is 1. The van der Waals surface area contributed by atoms with Crippen molar-refractivity contribution >= 4 is 43.9 Å². The van der Waals surface area contributed by atoms with Crippen LogP contribution in [0.3, 0.4) is 0 Å². The molecule has 1 N–H and O–H groups in total. The highest BCUT2D eigenvalue weighted by molar-refractivity contribution is 7.88. The van der Waals surface area contributed by atoms with Crippen LogP contribution in [-0.4, -0.2) is 78.4 Å². The maximum atomic E-state index is 14.3. The number of nitrogens with zero attached hydrogens (tertiary/aromatic N) is 5. The summed E-state index contributed by atoms with van der Waals surface area (Å²) in [5.74, 6) is 0.264. The molecule has 12 heteroatoms. The average molecular weight is 557 g/mol. The Labute approximate surface area is 225 Å². The monoisotopic (exact) mass is 556 g/mol. The molecule has 1 aliphatic rings. The summed E-state index contributed by atoms with van der Waals surface area (Å²) in [6, 6.07) is 13.5. The summed E-state index contributed by atoms with van der Waals surface area (Å²) in [5.41, 5.74) is 2.82. The first-order valence-electron chi connectivity index (χ1n) is 12.0. The van der Waals surface area contributed by atoms with Gasteiger partial charge in [-0.2, -0.15) is 14.5 Å². The van der Waals surface area contributed by atoms with Crippen LogP contribution in [0.15, 0.2) is 60.9 Å². The quantitative estimate of drug-likeness (QED) is 0.345. The van der Waals surface area contributed by atoms with E-state index in [9.17, 15) is 12.8 Å². The minimum absolute atomic E-state index is 0.271. The smallest absolute Gasteiger partial charge is 0.211 e. The van der Waals surface area contributed by atoms with E-state index in [0.717, 1.165) is 16.6 Å². The first-order valence-corrected chi connectivity index (χ1v) is 14.2. The molecule has 38 heavy (non-hydrogen) atoms. The van der Waals surface area contributed by atoms with Crippen LogP contribution in [0.1, 0.15) is 0 Å². The van der Waals surface area contributed by atoms with Crippen molar-refractivity contribution in [3.8, 4) is 17.0 Å². The number of ether oxygens (including phenoxy) is 1. The lowest BCUT2D eigenvalue weighted by Gasteiger charge is -2.33. The zero-order valence-corrected chi connectivity index (χ0v) is 22.2. The molecule has 4 aromatic rings. The van der Waals surface area contributed by atoms with Gasteiger partial charge >= 0.3 is 0 Å². The molecule has 1 saturated heterocycles. The van der Waals surface area contributed by atoms with E-state index in [1.54, 1.807) is 18.5 Å². The molecule has 9 nitrogen and oxygen atoms in total. The summed E-state index contributed by atoms with van der Waals surface area (Å²) in [7, 11) is -3.14. The second-order valence-corrected chi connectivity index (χ2v) is 11.4. The molecule has 0 atom stereocenters. The van der Waals surface area contributed by atoms with Gasteiger partial charge in [-0.05, 0) is 42.5 Å². The molecule has 0 aliphatic carbocycles. The number of anilines is 2. The third kappa shape index (κ3) is 6.18. The Hall–Kier alpha value is -3.38. The molecule has 0 radical (unpaired) electrons. The molecular weight excluding hydrogens is 531 g/mol. The predicted octanol–water partition coefficient (Wildman–Crippen LogP) is 4.18. The third-order valence-electron chi connectivity index (χ3n) is 6.33. The molecule has 3 heterocycles. The summed E-state index contributed by atoms with van der Waals surface area (Å²) < 4.78 is 45.1. The normalized spacial score (nSPS) is 15.0. The lowest BCUT2D eigenvalue weighted by molar-refractivity contribution is 0.159. The van der Waals surface area contributed by atoms with E-state index >= 15 is 0 Å². The van der Waals surface area contributed by atoms with Gasteiger partial charge in [-0.3, -0.25) is 9.88 Å². The Morgan fingerprint density at radius 1 is 1.08 bits per heavy atom. The van der Waals surface area contributed by atoms with Crippen molar-refractivity contribution in [2.24, 2.45) is 0 Å². The first-order chi connectivity index (χ1) is 18.3. The second kappa shape index (κ2) is 11.2. The van der Waals surface area contributed by atoms with E-state index in [0.29, 0.717) is 61.5 Å². The van der Waals surface area contributed by atoms with Crippen LogP contribution in [0, 0.1) is 5.82 Å². The van der Waals surface area contributed by atoms with Crippen LogP contribution in [0.5, 0.6) is 5.75 Å². The van der Waals surface area contributed by atoms with Gasteiger partial charge in [0.15, 0.2) is 0 Å². The van der Waals surface area contributed by atoms with Gasteiger partial charge in [0.1, 0.15) is 18.2 Å². The zero-order valence-electron chi connectivity index (χ0n) is 20.6. The molecule has 1 aliphatic heterocycles. The largest absolute Gasteiger partial charge is 0.492 e. The molecule has 0 unspecified atom stereocenters. The number of piperazine rings is 1. The van der Waals surface area contributed by atoms with Crippen molar-refractivity contribution < 1.29 is 17.5 Å². The topological polar surface area (TPSA) is 101 Å². The van der Waals surface area contributed by atoms with Gasteiger partial charge in [0.2, 0.25) is 10.0 Å². The van der Waals surface area contributed by atoms with Crippen molar-refractivity contribution in [2.45, 2.75) is 0 Å². The minimum atomic E-state index is -3.14. The van der Waals surface area contributed by atoms with Gasteiger partial charge in [0, 0.05) is 66.6 Å². The van der Waals surface area contributed by atoms with Crippen molar-refractivity contribution in [2.75, 3.05) is 50.9 Å². The molecule has 5 rings (SSSR count). The van der Waals surface area contributed by atoms with Crippen LogP contribution < -0.4 is 10.1 Å². The summed E-state index contributed by atoms with van der Waals surface area (Å²) in [6.45, 7) is 3.54. The SMILES string of the molecule is CS(=O)(=O)N1CCN(CCOc2ccc3c(Nc4cnnc(-c5cc(Cl)ccc5F)c4)ccnc3c2)CC1. The molecule has 0 amide bonds. The molecule has 2 aromatic heterocycles. The fraction of sp³-hybridized carbons (Fsp3) is 0.269. The number of benzene rings is 2. The van der Waals surface area contributed by atoms with Crippen LogP contribution >= 0.6 is 11.6 Å². The number of rotatable bonds is 8. The summed E-state index contributed by atoms with van der Waals surface area (Å²) in [4.78, 5) is 6.66. The Bertz CT molecular complexity index is 1560. The number of hydrogen-bond acceptors (Lipinski definition) is 8. The van der Waals surface area contributed by atoms with E-state index in [2.05, 4.69) is 25.4 Å². The van der Waals surface area contributed by atoms with Crippen molar-refractivity contribution in [1.29, 1.82) is 0 Å². The fourth-order valence-electron chi connectivity index (χ4n) is 4.32. The summed E-state index contributed by atoms with van der Waals surface area (Å²) >= 11 is 6.03. The van der Waals surface area contributed by atoms with E-state index in [-0.39, 0.29) is 5.56 Å². The Morgan fingerprint density at radius 3 is 2.68 bits per heavy atom. The van der Waals surface area contributed by atoms with Crippen LogP contribution in [-0.2, 0) is 10.0 Å². The summed E-state index contributed by atoms with van der Waals surface area (Å²) in [5, 5.41) is 12.7. The highest BCUT2D eigenvalue weighted by atomic mass is 35.5. The number of nitrogens with one attached hydrogen (secondary N) is 1. The molecule has 0 bridgehead atoms.